The highest BCUT2D eigenvalue weighted by Gasteiger charge is 2.34. The maximum atomic E-state index is 12.1. The molecule has 0 saturated carbocycles. The Morgan fingerprint density at radius 1 is 1.30 bits per heavy atom. The second-order valence-electron chi connectivity index (χ2n) is 5.87. The van der Waals surface area contributed by atoms with Crippen molar-refractivity contribution in [3.8, 4) is 0 Å². The lowest BCUT2D eigenvalue weighted by Crippen LogP contribution is -2.40. The fourth-order valence-electron chi connectivity index (χ4n) is 3.24. The Kier molecular flexibility index (Phi) is 3.84. The standard InChI is InChI=1S/C15H22N2O2S/c1-12(17-8-4-5-9-17)10-16-14-11-20(18,19)15-7-3-2-6-13(14)15/h2-3,6-7,12,14,16H,4-5,8-11H2,1H3. The zero-order chi connectivity index (χ0) is 14.2. The van der Waals surface area contributed by atoms with Crippen LogP contribution in [0.15, 0.2) is 29.2 Å². The largest absolute Gasteiger partial charge is 0.307 e. The van der Waals surface area contributed by atoms with Crippen LogP contribution in [0.4, 0.5) is 0 Å². The lowest BCUT2D eigenvalue weighted by atomic mass is 10.1. The van der Waals surface area contributed by atoms with Crippen molar-refractivity contribution in [2.45, 2.75) is 36.7 Å². The van der Waals surface area contributed by atoms with E-state index in [-0.39, 0.29) is 11.8 Å². The van der Waals surface area contributed by atoms with Crippen molar-refractivity contribution in [2.24, 2.45) is 0 Å². The summed E-state index contributed by atoms with van der Waals surface area (Å²) < 4.78 is 24.2. The van der Waals surface area contributed by atoms with Gasteiger partial charge in [-0.2, -0.15) is 0 Å². The van der Waals surface area contributed by atoms with Crippen LogP contribution in [0.25, 0.3) is 0 Å². The molecule has 1 aromatic rings. The normalized spacial score (nSPS) is 26.6. The highest BCUT2D eigenvalue weighted by atomic mass is 32.2. The Bertz CT molecular complexity index is 579. The summed E-state index contributed by atoms with van der Waals surface area (Å²) in [7, 11) is -3.10. The van der Waals surface area contributed by atoms with Crippen LogP contribution in [0.3, 0.4) is 0 Å². The Hall–Kier alpha value is -0.910. The smallest absolute Gasteiger partial charge is 0.180 e. The van der Waals surface area contributed by atoms with E-state index in [9.17, 15) is 8.42 Å². The predicted molar refractivity (Wildman–Crippen MR) is 79.5 cm³/mol. The van der Waals surface area contributed by atoms with Crippen molar-refractivity contribution in [3.63, 3.8) is 0 Å². The summed E-state index contributed by atoms with van der Waals surface area (Å²) in [5.74, 6) is 0.194. The number of nitrogens with zero attached hydrogens (tertiary/aromatic N) is 1. The van der Waals surface area contributed by atoms with Crippen molar-refractivity contribution in [3.05, 3.63) is 29.8 Å². The molecule has 2 aliphatic rings. The summed E-state index contributed by atoms with van der Waals surface area (Å²) in [5, 5.41) is 3.45. The number of nitrogens with one attached hydrogen (secondary N) is 1. The number of rotatable bonds is 4. The number of sulfone groups is 1. The minimum absolute atomic E-state index is 0.0544. The third-order valence-electron chi connectivity index (χ3n) is 4.44. The maximum absolute atomic E-state index is 12.1. The Balaban J connectivity index is 1.67. The lowest BCUT2D eigenvalue weighted by molar-refractivity contribution is 0.247. The minimum Gasteiger partial charge on any atom is -0.307 e. The van der Waals surface area contributed by atoms with Crippen molar-refractivity contribution in [1.82, 2.24) is 10.2 Å². The molecule has 1 fully saturated rings. The van der Waals surface area contributed by atoms with E-state index < -0.39 is 9.84 Å². The molecule has 4 nitrogen and oxygen atoms in total. The van der Waals surface area contributed by atoms with Crippen LogP contribution in [0.5, 0.6) is 0 Å². The van der Waals surface area contributed by atoms with Gasteiger partial charge in [0.2, 0.25) is 0 Å². The first-order chi connectivity index (χ1) is 9.58. The van der Waals surface area contributed by atoms with E-state index in [1.54, 1.807) is 12.1 Å². The molecule has 110 valence electrons. The molecule has 0 amide bonds. The van der Waals surface area contributed by atoms with E-state index in [1.807, 2.05) is 12.1 Å². The zero-order valence-corrected chi connectivity index (χ0v) is 12.7. The summed E-state index contributed by atoms with van der Waals surface area (Å²) in [4.78, 5) is 2.98. The van der Waals surface area contributed by atoms with Crippen LogP contribution in [-0.2, 0) is 9.84 Å². The van der Waals surface area contributed by atoms with Crippen molar-refractivity contribution in [2.75, 3.05) is 25.4 Å². The fourth-order valence-corrected chi connectivity index (χ4v) is 5.01. The summed E-state index contributed by atoms with van der Waals surface area (Å²) >= 11 is 0. The van der Waals surface area contributed by atoms with Gasteiger partial charge in [-0.1, -0.05) is 18.2 Å². The molecule has 1 N–H and O–H groups in total. The SMILES string of the molecule is CC(CNC1CS(=O)(=O)c2ccccc21)N1CCCC1. The zero-order valence-electron chi connectivity index (χ0n) is 11.9. The maximum Gasteiger partial charge on any atom is 0.180 e. The van der Waals surface area contributed by atoms with Gasteiger partial charge in [-0.3, -0.25) is 4.90 Å². The van der Waals surface area contributed by atoms with Gasteiger partial charge in [0.1, 0.15) is 0 Å². The summed E-state index contributed by atoms with van der Waals surface area (Å²) in [6, 6.07) is 7.77. The van der Waals surface area contributed by atoms with Crippen LogP contribution in [0.1, 0.15) is 31.4 Å². The molecule has 0 bridgehead atoms. The average molecular weight is 294 g/mol. The lowest BCUT2D eigenvalue weighted by Gasteiger charge is -2.25. The first-order valence-electron chi connectivity index (χ1n) is 7.37. The molecular formula is C15H22N2O2S. The second-order valence-corrected chi connectivity index (χ2v) is 7.87. The quantitative estimate of drug-likeness (QED) is 0.916. The first kappa shape index (κ1) is 14.0. The second kappa shape index (κ2) is 5.47. The van der Waals surface area contributed by atoms with Crippen LogP contribution < -0.4 is 5.32 Å². The highest BCUT2D eigenvalue weighted by molar-refractivity contribution is 7.91. The van der Waals surface area contributed by atoms with Crippen LogP contribution >= 0.6 is 0 Å². The molecular weight excluding hydrogens is 272 g/mol. The molecule has 2 heterocycles. The third-order valence-corrected chi connectivity index (χ3v) is 6.25. The van der Waals surface area contributed by atoms with Gasteiger partial charge in [0.05, 0.1) is 10.6 Å². The van der Waals surface area contributed by atoms with Crippen molar-refractivity contribution >= 4 is 9.84 Å². The molecule has 20 heavy (non-hydrogen) atoms. The minimum atomic E-state index is -3.10. The van der Waals surface area contributed by atoms with Crippen LogP contribution in [0, 0.1) is 0 Å². The third kappa shape index (κ3) is 2.62. The molecule has 1 saturated heterocycles. The van der Waals surface area contributed by atoms with Gasteiger partial charge in [-0.05, 0) is 44.5 Å². The van der Waals surface area contributed by atoms with E-state index in [4.69, 9.17) is 0 Å². The molecule has 2 atom stereocenters. The fraction of sp³-hybridized carbons (Fsp3) is 0.600. The molecule has 1 aromatic carbocycles. The van der Waals surface area contributed by atoms with Gasteiger partial charge < -0.3 is 5.32 Å². The molecule has 0 aromatic heterocycles. The molecule has 0 aliphatic carbocycles. The molecule has 3 rings (SSSR count). The Morgan fingerprint density at radius 3 is 2.75 bits per heavy atom. The molecule has 5 heteroatoms. The van der Waals surface area contributed by atoms with Crippen molar-refractivity contribution < 1.29 is 8.42 Å². The van der Waals surface area contributed by atoms with Crippen LogP contribution in [-0.4, -0.2) is 44.7 Å². The molecule has 0 radical (unpaired) electrons. The number of fused-ring (bicyclic) bond motifs is 1. The van der Waals surface area contributed by atoms with Crippen molar-refractivity contribution in [1.29, 1.82) is 0 Å². The van der Waals surface area contributed by atoms with E-state index in [0.717, 1.165) is 12.1 Å². The van der Waals surface area contributed by atoms with Gasteiger partial charge in [-0.25, -0.2) is 8.42 Å². The number of benzene rings is 1. The summed E-state index contributed by atoms with van der Waals surface area (Å²) in [6.45, 7) is 5.40. The van der Waals surface area contributed by atoms with Gasteiger partial charge >= 0.3 is 0 Å². The van der Waals surface area contributed by atoms with Gasteiger partial charge in [0, 0.05) is 18.6 Å². The van der Waals surface area contributed by atoms with E-state index in [1.165, 1.54) is 25.9 Å². The monoisotopic (exact) mass is 294 g/mol. The average Bonchev–Trinajstić information content (AvgIpc) is 3.04. The number of hydrogen-bond acceptors (Lipinski definition) is 4. The van der Waals surface area contributed by atoms with Gasteiger partial charge in [0.15, 0.2) is 9.84 Å². The topological polar surface area (TPSA) is 49.4 Å². The molecule has 2 unspecified atom stereocenters. The molecule has 0 spiro atoms. The summed E-state index contributed by atoms with van der Waals surface area (Å²) in [5.41, 5.74) is 0.932. The van der Waals surface area contributed by atoms with Gasteiger partial charge in [0.25, 0.3) is 0 Å². The van der Waals surface area contributed by atoms with Gasteiger partial charge in [-0.15, -0.1) is 0 Å². The highest BCUT2D eigenvalue weighted by Crippen LogP contribution is 2.32. The summed E-state index contributed by atoms with van der Waals surface area (Å²) in [6.07, 6.45) is 2.57. The number of hydrogen-bond donors (Lipinski definition) is 1. The number of likely N-dealkylation sites (tertiary alicyclic amines) is 1. The van der Waals surface area contributed by atoms with E-state index in [2.05, 4.69) is 17.1 Å². The van der Waals surface area contributed by atoms with E-state index in [0.29, 0.717) is 10.9 Å². The Labute approximate surface area is 121 Å². The predicted octanol–water partition coefficient (Wildman–Crippen LogP) is 1.59. The first-order valence-corrected chi connectivity index (χ1v) is 9.02. The van der Waals surface area contributed by atoms with E-state index >= 15 is 0 Å². The van der Waals surface area contributed by atoms with Crippen LogP contribution in [0.2, 0.25) is 0 Å². The molecule has 2 aliphatic heterocycles. The Morgan fingerprint density at radius 2 is 2.00 bits per heavy atom.